The number of hydrogen-bond acceptors (Lipinski definition) is 3. The SMILES string of the molecule is CCn1cc(C(=O)NC(c2ccccc2)c2nc3ccccc3n2C)cn1. The number of fused-ring (bicyclic) bond motifs is 1. The smallest absolute Gasteiger partial charge is 0.255 e. The van der Waals surface area contributed by atoms with E-state index in [0.717, 1.165) is 29.0 Å². The van der Waals surface area contributed by atoms with E-state index < -0.39 is 0 Å². The lowest BCUT2D eigenvalue weighted by atomic mass is 10.1. The summed E-state index contributed by atoms with van der Waals surface area (Å²) < 4.78 is 3.77. The maximum atomic E-state index is 12.9. The van der Waals surface area contributed by atoms with Gasteiger partial charge in [-0.25, -0.2) is 4.98 Å². The van der Waals surface area contributed by atoms with E-state index in [2.05, 4.69) is 10.4 Å². The van der Waals surface area contributed by atoms with Gasteiger partial charge in [0.2, 0.25) is 0 Å². The number of hydrogen-bond donors (Lipinski definition) is 1. The number of amides is 1. The van der Waals surface area contributed by atoms with E-state index >= 15 is 0 Å². The van der Waals surface area contributed by atoms with Gasteiger partial charge >= 0.3 is 0 Å². The third kappa shape index (κ3) is 3.21. The van der Waals surface area contributed by atoms with Gasteiger partial charge in [0.1, 0.15) is 11.9 Å². The lowest BCUT2D eigenvalue weighted by molar-refractivity contribution is 0.0941. The van der Waals surface area contributed by atoms with E-state index in [9.17, 15) is 4.79 Å². The van der Waals surface area contributed by atoms with Crippen molar-refractivity contribution in [1.29, 1.82) is 0 Å². The number of rotatable bonds is 5. The monoisotopic (exact) mass is 359 g/mol. The highest BCUT2D eigenvalue weighted by Gasteiger charge is 2.23. The molecule has 0 radical (unpaired) electrons. The van der Waals surface area contributed by atoms with Crippen LogP contribution < -0.4 is 5.32 Å². The normalized spacial score (nSPS) is 12.2. The highest BCUT2D eigenvalue weighted by atomic mass is 16.1. The molecular weight excluding hydrogens is 338 g/mol. The highest BCUT2D eigenvalue weighted by molar-refractivity contribution is 5.94. The van der Waals surface area contributed by atoms with Crippen LogP contribution in [0, 0.1) is 0 Å². The van der Waals surface area contributed by atoms with Crippen LogP contribution >= 0.6 is 0 Å². The third-order valence-corrected chi connectivity index (χ3v) is 4.71. The molecule has 27 heavy (non-hydrogen) atoms. The molecular formula is C21H21N5O. The van der Waals surface area contributed by atoms with E-state index in [1.54, 1.807) is 17.1 Å². The number of carbonyl (C=O) groups is 1. The number of para-hydroxylation sites is 2. The molecule has 2 aromatic carbocycles. The van der Waals surface area contributed by atoms with Gasteiger partial charge in [0.15, 0.2) is 0 Å². The van der Waals surface area contributed by atoms with Crippen LogP contribution in [0.4, 0.5) is 0 Å². The molecule has 0 bridgehead atoms. The van der Waals surface area contributed by atoms with Gasteiger partial charge < -0.3 is 9.88 Å². The summed E-state index contributed by atoms with van der Waals surface area (Å²) in [5, 5.41) is 7.33. The number of imidazole rings is 1. The van der Waals surface area contributed by atoms with Crippen LogP contribution in [0.25, 0.3) is 11.0 Å². The Labute approximate surface area is 157 Å². The first-order chi connectivity index (χ1) is 13.2. The minimum atomic E-state index is -0.360. The fourth-order valence-corrected chi connectivity index (χ4v) is 3.23. The molecule has 0 saturated heterocycles. The Kier molecular flexibility index (Phi) is 4.46. The van der Waals surface area contributed by atoms with Crippen LogP contribution in [-0.4, -0.2) is 25.2 Å². The average molecular weight is 359 g/mol. The molecule has 0 fully saturated rings. The Morgan fingerprint density at radius 2 is 1.85 bits per heavy atom. The summed E-state index contributed by atoms with van der Waals surface area (Å²) in [7, 11) is 1.97. The van der Waals surface area contributed by atoms with E-state index in [-0.39, 0.29) is 11.9 Å². The molecule has 0 aliphatic heterocycles. The number of benzene rings is 2. The minimum absolute atomic E-state index is 0.171. The zero-order valence-electron chi connectivity index (χ0n) is 15.3. The quantitative estimate of drug-likeness (QED) is 0.595. The largest absolute Gasteiger partial charge is 0.338 e. The van der Waals surface area contributed by atoms with Gasteiger partial charge in [0.25, 0.3) is 5.91 Å². The molecule has 1 atom stereocenters. The van der Waals surface area contributed by atoms with Crippen molar-refractivity contribution in [3.8, 4) is 0 Å². The number of nitrogens with one attached hydrogen (secondary N) is 1. The van der Waals surface area contributed by atoms with Crippen LogP contribution in [0.3, 0.4) is 0 Å². The zero-order chi connectivity index (χ0) is 18.8. The molecule has 1 amide bonds. The maximum absolute atomic E-state index is 12.9. The molecule has 6 heteroatoms. The summed E-state index contributed by atoms with van der Waals surface area (Å²) in [6.45, 7) is 2.71. The molecule has 0 aliphatic carbocycles. The third-order valence-electron chi connectivity index (χ3n) is 4.71. The second kappa shape index (κ2) is 7.07. The molecule has 0 aliphatic rings. The van der Waals surface area contributed by atoms with Crippen molar-refractivity contribution in [2.24, 2.45) is 7.05 Å². The molecule has 4 aromatic rings. The predicted octanol–water partition coefficient (Wildman–Crippen LogP) is 3.31. The van der Waals surface area contributed by atoms with Crippen molar-refractivity contribution < 1.29 is 4.79 Å². The summed E-state index contributed by atoms with van der Waals surface area (Å²) in [6, 6.07) is 17.5. The first-order valence-electron chi connectivity index (χ1n) is 8.97. The second-order valence-corrected chi connectivity index (χ2v) is 6.42. The number of aromatic nitrogens is 4. The molecule has 2 heterocycles. The van der Waals surface area contributed by atoms with Gasteiger partial charge in [-0.3, -0.25) is 9.48 Å². The Bertz CT molecular complexity index is 1080. The van der Waals surface area contributed by atoms with Crippen LogP contribution in [-0.2, 0) is 13.6 Å². The molecule has 136 valence electrons. The molecule has 1 unspecified atom stereocenters. The van der Waals surface area contributed by atoms with Crippen LogP contribution in [0.15, 0.2) is 67.0 Å². The summed E-state index contributed by atoms with van der Waals surface area (Å²) in [5.74, 6) is 0.620. The highest BCUT2D eigenvalue weighted by Crippen LogP contribution is 2.25. The number of nitrogens with zero attached hydrogens (tertiary/aromatic N) is 4. The fraction of sp³-hybridized carbons (Fsp3) is 0.190. The Morgan fingerprint density at radius 1 is 1.11 bits per heavy atom. The molecule has 4 rings (SSSR count). The first-order valence-corrected chi connectivity index (χ1v) is 8.97. The Balaban J connectivity index is 1.75. The predicted molar refractivity (Wildman–Crippen MR) is 104 cm³/mol. The van der Waals surface area contributed by atoms with E-state index in [4.69, 9.17) is 4.98 Å². The van der Waals surface area contributed by atoms with E-state index in [1.165, 1.54) is 0 Å². The van der Waals surface area contributed by atoms with Gasteiger partial charge in [-0.15, -0.1) is 0 Å². The molecule has 0 spiro atoms. The van der Waals surface area contributed by atoms with Crippen LogP contribution in [0.1, 0.15) is 34.7 Å². The van der Waals surface area contributed by atoms with Gasteiger partial charge in [-0.05, 0) is 24.6 Å². The zero-order valence-corrected chi connectivity index (χ0v) is 15.3. The van der Waals surface area contributed by atoms with Crippen LogP contribution in [0.5, 0.6) is 0 Å². The maximum Gasteiger partial charge on any atom is 0.255 e. The standard InChI is InChI=1S/C21H21N5O/c1-3-26-14-16(13-22-26)21(27)24-19(15-9-5-4-6-10-15)20-23-17-11-7-8-12-18(17)25(20)2/h4-14,19H,3H2,1-2H3,(H,24,27). The molecule has 6 nitrogen and oxygen atoms in total. The first kappa shape index (κ1) is 17.0. The lowest BCUT2D eigenvalue weighted by Crippen LogP contribution is -2.31. The summed E-state index contributed by atoms with van der Waals surface area (Å²) in [6.07, 6.45) is 3.35. The van der Waals surface area contributed by atoms with Crippen molar-refractivity contribution in [2.75, 3.05) is 0 Å². The second-order valence-electron chi connectivity index (χ2n) is 6.42. The average Bonchev–Trinajstić information content (AvgIpc) is 3.32. The van der Waals surface area contributed by atoms with E-state index in [0.29, 0.717) is 5.56 Å². The lowest BCUT2D eigenvalue weighted by Gasteiger charge is -2.19. The van der Waals surface area contributed by atoms with Gasteiger partial charge in [0, 0.05) is 19.8 Å². The number of aryl methyl sites for hydroxylation is 2. The topological polar surface area (TPSA) is 64.7 Å². The van der Waals surface area contributed by atoms with Crippen molar-refractivity contribution in [3.05, 3.63) is 83.9 Å². The minimum Gasteiger partial charge on any atom is -0.338 e. The van der Waals surface area contributed by atoms with Crippen molar-refractivity contribution in [3.63, 3.8) is 0 Å². The Hall–Kier alpha value is -3.41. The van der Waals surface area contributed by atoms with Crippen molar-refractivity contribution in [2.45, 2.75) is 19.5 Å². The fourth-order valence-electron chi connectivity index (χ4n) is 3.23. The van der Waals surface area contributed by atoms with E-state index in [1.807, 2.05) is 73.1 Å². The van der Waals surface area contributed by atoms with Crippen LogP contribution in [0.2, 0.25) is 0 Å². The Morgan fingerprint density at radius 3 is 2.56 bits per heavy atom. The van der Waals surface area contributed by atoms with Gasteiger partial charge in [-0.1, -0.05) is 42.5 Å². The molecule has 0 saturated carbocycles. The van der Waals surface area contributed by atoms with Crippen molar-refractivity contribution in [1.82, 2.24) is 24.6 Å². The molecule has 1 N–H and O–H groups in total. The molecule has 2 aromatic heterocycles. The number of carbonyl (C=O) groups excluding carboxylic acids is 1. The summed E-state index contributed by atoms with van der Waals surface area (Å²) in [5.41, 5.74) is 3.45. The van der Waals surface area contributed by atoms with Gasteiger partial charge in [0.05, 0.1) is 22.8 Å². The summed E-state index contributed by atoms with van der Waals surface area (Å²) in [4.78, 5) is 17.6. The van der Waals surface area contributed by atoms with Crippen molar-refractivity contribution >= 4 is 16.9 Å². The van der Waals surface area contributed by atoms with Gasteiger partial charge in [-0.2, -0.15) is 5.10 Å². The summed E-state index contributed by atoms with van der Waals surface area (Å²) >= 11 is 0.